The zero-order chi connectivity index (χ0) is 17.5. The van der Waals surface area contributed by atoms with Gasteiger partial charge in [-0.15, -0.1) is 0 Å². The van der Waals surface area contributed by atoms with E-state index in [0.717, 1.165) is 11.3 Å². The molecule has 0 aliphatic carbocycles. The molecule has 2 aromatic rings. The molecular weight excluding hydrogens is 304 g/mol. The Labute approximate surface area is 142 Å². The maximum atomic E-state index is 12.2. The first kappa shape index (κ1) is 17.6. The van der Waals surface area contributed by atoms with Crippen molar-refractivity contribution in [2.75, 3.05) is 13.7 Å². The summed E-state index contributed by atoms with van der Waals surface area (Å²) in [4.78, 5) is 12.2. The molecule has 24 heavy (non-hydrogen) atoms. The number of phenolic OH excluding ortho intramolecular Hbond substituents is 1. The Morgan fingerprint density at radius 1 is 1.17 bits per heavy atom. The molecule has 0 heterocycles. The fraction of sp³-hybridized carbons (Fsp3) is 0.250. The Bertz CT molecular complexity index is 715. The Morgan fingerprint density at radius 3 is 2.46 bits per heavy atom. The van der Waals surface area contributed by atoms with Gasteiger partial charge in [-0.1, -0.05) is 26.0 Å². The number of hydrogen-bond acceptors (Lipinski definition) is 4. The van der Waals surface area contributed by atoms with E-state index >= 15 is 0 Å². The lowest BCUT2D eigenvalue weighted by Crippen LogP contribution is -2.04. The molecule has 0 aliphatic heterocycles. The van der Waals surface area contributed by atoms with E-state index in [2.05, 4.69) is 13.8 Å². The third-order valence-electron chi connectivity index (χ3n) is 3.35. The Kier molecular flexibility index (Phi) is 6.01. The summed E-state index contributed by atoms with van der Waals surface area (Å²) in [7, 11) is 1.49. The molecule has 0 amide bonds. The minimum Gasteiger partial charge on any atom is -0.504 e. The van der Waals surface area contributed by atoms with Crippen LogP contribution in [0.1, 0.15) is 29.8 Å². The lowest BCUT2D eigenvalue weighted by Gasteiger charge is -2.08. The highest BCUT2D eigenvalue weighted by Crippen LogP contribution is 2.26. The molecule has 0 saturated carbocycles. The van der Waals surface area contributed by atoms with Crippen molar-refractivity contribution in [2.24, 2.45) is 5.92 Å². The van der Waals surface area contributed by atoms with Crippen molar-refractivity contribution >= 4 is 11.9 Å². The number of allylic oxidation sites excluding steroid dienone is 1. The molecule has 0 bridgehead atoms. The van der Waals surface area contributed by atoms with Crippen molar-refractivity contribution < 1.29 is 19.4 Å². The van der Waals surface area contributed by atoms with Gasteiger partial charge in [-0.3, -0.25) is 4.79 Å². The van der Waals surface area contributed by atoms with Gasteiger partial charge in [0.05, 0.1) is 13.7 Å². The number of benzene rings is 2. The van der Waals surface area contributed by atoms with Crippen LogP contribution in [0.15, 0.2) is 48.5 Å². The Balaban J connectivity index is 2.02. The van der Waals surface area contributed by atoms with Gasteiger partial charge in [0.25, 0.3) is 0 Å². The van der Waals surface area contributed by atoms with Crippen LogP contribution in [0.25, 0.3) is 6.08 Å². The van der Waals surface area contributed by atoms with E-state index in [4.69, 9.17) is 9.47 Å². The van der Waals surface area contributed by atoms with Crippen LogP contribution in [0.3, 0.4) is 0 Å². The zero-order valence-electron chi connectivity index (χ0n) is 14.2. The molecule has 1 N–H and O–H groups in total. The highest BCUT2D eigenvalue weighted by molar-refractivity contribution is 6.06. The third kappa shape index (κ3) is 4.88. The van der Waals surface area contributed by atoms with Crippen LogP contribution >= 0.6 is 0 Å². The predicted molar refractivity (Wildman–Crippen MR) is 94.8 cm³/mol. The lowest BCUT2D eigenvalue weighted by molar-refractivity contribution is 0.104. The second-order valence-corrected chi connectivity index (χ2v) is 5.86. The summed E-state index contributed by atoms with van der Waals surface area (Å²) in [6, 6.07) is 12.0. The summed E-state index contributed by atoms with van der Waals surface area (Å²) in [6.07, 6.45) is 3.13. The molecule has 0 radical (unpaired) electrons. The number of phenols is 1. The minimum atomic E-state index is -0.110. The minimum absolute atomic E-state index is 0.0405. The first-order valence-corrected chi connectivity index (χ1v) is 7.82. The number of rotatable bonds is 7. The van der Waals surface area contributed by atoms with Gasteiger partial charge in [0.2, 0.25) is 0 Å². The Morgan fingerprint density at radius 2 is 1.88 bits per heavy atom. The van der Waals surface area contributed by atoms with E-state index < -0.39 is 0 Å². The van der Waals surface area contributed by atoms with Crippen LogP contribution in [0, 0.1) is 5.92 Å². The second kappa shape index (κ2) is 8.20. The normalized spacial score (nSPS) is 11.0. The van der Waals surface area contributed by atoms with Crippen molar-refractivity contribution in [2.45, 2.75) is 13.8 Å². The van der Waals surface area contributed by atoms with Crippen LogP contribution in [0.5, 0.6) is 17.2 Å². The molecule has 0 fully saturated rings. The number of hydrogen-bond donors (Lipinski definition) is 1. The zero-order valence-corrected chi connectivity index (χ0v) is 14.2. The Hall–Kier alpha value is -2.75. The van der Waals surface area contributed by atoms with Crippen molar-refractivity contribution in [1.82, 2.24) is 0 Å². The number of methoxy groups -OCH3 is 1. The molecular formula is C20H22O4. The number of carbonyl (C=O) groups excluding carboxylic acids is 1. The van der Waals surface area contributed by atoms with Gasteiger partial charge in [0, 0.05) is 5.56 Å². The number of carbonyl (C=O) groups is 1. The van der Waals surface area contributed by atoms with Crippen LogP contribution in [-0.2, 0) is 0 Å². The average molecular weight is 326 g/mol. The maximum Gasteiger partial charge on any atom is 0.185 e. The molecule has 0 aliphatic rings. The first-order chi connectivity index (χ1) is 11.5. The SMILES string of the molecule is COc1ccc(C=CC(=O)c2ccc(OCC(C)C)cc2)cc1O. The summed E-state index contributed by atoms with van der Waals surface area (Å²) < 4.78 is 10.6. The third-order valence-corrected chi connectivity index (χ3v) is 3.35. The van der Waals surface area contributed by atoms with Gasteiger partial charge in [0.1, 0.15) is 5.75 Å². The largest absolute Gasteiger partial charge is 0.504 e. The molecule has 0 atom stereocenters. The van der Waals surface area contributed by atoms with Crippen molar-refractivity contribution in [3.8, 4) is 17.2 Å². The summed E-state index contributed by atoms with van der Waals surface area (Å²) >= 11 is 0. The van der Waals surface area contributed by atoms with Crippen molar-refractivity contribution in [1.29, 1.82) is 0 Å². The van der Waals surface area contributed by atoms with Gasteiger partial charge >= 0.3 is 0 Å². The summed E-state index contributed by atoms with van der Waals surface area (Å²) in [5, 5.41) is 9.74. The monoisotopic (exact) mass is 326 g/mol. The van der Waals surface area contributed by atoms with Gasteiger partial charge in [-0.25, -0.2) is 0 Å². The standard InChI is InChI=1S/C20H22O4/c1-14(2)13-24-17-8-6-16(7-9-17)18(21)10-4-15-5-11-20(23-3)19(22)12-15/h4-12,14,22H,13H2,1-3H3. The molecule has 2 rings (SSSR count). The molecule has 0 aromatic heterocycles. The molecule has 0 unspecified atom stereocenters. The van der Waals surface area contributed by atoms with E-state index in [1.54, 1.807) is 48.5 Å². The molecule has 2 aromatic carbocycles. The average Bonchev–Trinajstić information content (AvgIpc) is 2.58. The van der Waals surface area contributed by atoms with Crippen molar-refractivity contribution in [3.05, 3.63) is 59.7 Å². The van der Waals surface area contributed by atoms with E-state index in [-0.39, 0.29) is 11.5 Å². The molecule has 0 saturated heterocycles. The van der Waals surface area contributed by atoms with Crippen LogP contribution < -0.4 is 9.47 Å². The number of ketones is 1. The predicted octanol–water partition coefficient (Wildman–Crippen LogP) is 4.33. The van der Waals surface area contributed by atoms with E-state index in [1.807, 2.05) is 0 Å². The van der Waals surface area contributed by atoms with Gasteiger partial charge in [-0.2, -0.15) is 0 Å². The van der Waals surface area contributed by atoms with Crippen LogP contribution in [0.4, 0.5) is 0 Å². The van der Waals surface area contributed by atoms with Crippen LogP contribution in [-0.4, -0.2) is 24.6 Å². The summed E-state index contributed by atoms with van der Waals surface area (Å²) in [5.74, 6) is 1.54. The highest BCUT2D eigenvalue weighted by atomic mass is 16.5. The fourth-order valence-corrected chi connectivity index (χ4v) is 2.06. The quantitative estimate of drug-likeness (QED) is 0.608. The first-order valence-electron chi connectivity index (χ1n) is 7.82. The maximum absolute atomic E-state index is 12.2. The lowest BCUT2D eigenvalue weighted by atomic mass is 10.1. The van der Waals surface area contributed by atoms with E-state index in [9.17, 15) is 9.90 Å². The summed E-state index contributed by atoms with van der Waals surface area (Å²) in [6.45, 7) is 4.81. The summed E-state index contributed by atoms with van der Waals surface area (Å²) in [5.41, 5.74) is 1.31. The second-order valence-electron chi connectivity index (χ2n) is 5.86. The molecule has 0 spiro atoms. The molecule has 126 valence electrons. The van der Waals surface area contributed by atoms with Gasteiger partial charge in [0.15, 0.2) is 17.3 Å². The number of aromatic hydroxyl groups is 1. The smallest absolute Gasteiger partial charge is 0.185 e. The van der Waals surface area contributed by atoms with E-state index in [0.29, 0.717) is 23.8 Å². The van der Waals surface area contributed by atoms with Gasteiger partial charge in [-0.05, 0) is 54.0 Å². The number of ether oxygens (including phenoxy) is 2. The van der Waals surface area contributed by atoms with Crippen molar-refractivity contribution in [3.63, 3.8) is 0 Å². The topological polar surface area (TPSA) is 55.8 Å². The molecule has 4 nitrogen and oxygen atoms in total. The molecule has 4 heteroatoms. The fourth-order valence-electron chi connectivity index (χ4n) is 2.06. The highest BCUT2D eigenvalue weighted by Gasteiger charge is 2.04. The van der Waals surface area contributed by atoms with Crippen LogP contribution in [0.2, 0.25) is 0 Å². The van der Waals surface area contributed by atoms with Gasteiger partial charge < -0.3 is 14.6 Å². The van der Waals surface area contributed by atoms with E-state index in [1.165, 1.54) is 13.2 Å².